The van der Waals surface area contributed by atoms with Crippen molar-refractivity contribution < 1.29 is 21.2 Å². The van der Waals surface area contributed by atoms with Gasteiger partial charge in [-0.2, -0.15) is 0 Å². The average molecular weight is 350 g/mol. The molecule has 2 heterocycles. The van der Waals surface area contributed by atoms with E-state index in [1.807, 2.05) is 6.92 Å². The number of benzene rings is 1. The van der Waals surface area contributed by atoms with E-state index in [-0.39, 0.29) is 34.1 Å². The number of amides is 3. The molecule has 2 aromatic rings. The number of aryl methyl sites for hydroxylation is 1. The number of fused-ring (bicyclic) bond motifs is 1. The highest BCUT2D eigenvalue weighted by molar-refractivity contribution is 5.94. The number of carbonyl (C=O) groups is 2. The minimum Gasteiger partial charge on any atom is -0.350 e. The monoisotopic (exact) mass is 350 g/mol. The van der Waals surface area contributed by atoms with Crippen molar-refractivity contribution in [3.05, 3.63) is 58.9 Å². The Morgan fingerprint density at radius 1 is 1.40 bits per heavy atom. The summed E-state index contributed by atoms with van der Waals surface area (Å²) in [6.45, 7) is 1.82. The van der Waals surface area contributed by atoms with Gasteiger partial charge in [0.15, 0.2) is 0 Å². The third-order valence-corrected chi connectivity index (χ3v) is 3.97. The lowest BCUT2D eigenvalue weighted by Gasteiger charge is -2.29. The highest BCUT2D eigenvalue weighted by Crippen LogP contribution is 2.24. The lowest BCUT2D eigenvalue weighted by atomic mass is 10.1. The maximum Gasteiger partial charge on any atom is 0.322 e. The van der Waals surface area contributed by atoms with Crippen molar-refractivity contribution in [1.82, 2.24) is 15.2 Å². The second-order valence-electron chi connectivity index (χ2n) is 5.72. The number of carbonyl (C=O) groups excluding carboxylic acids is 2. The number of hydrogen-bond acceptors (Lipinski definition) is 3. The first-order chi connectivity index (χ1) is 11.9. The molecule has 1 aromatic carbocycles. The molecule has 134 valence electrons. The van der Waals surface area contributed by atoms with Crippen LogP contribution in [0.15, 0.2) is 30.5 Å². The number of nitrogens with zero attached hydrogens (tertiary/aromatic N) is 2. The Balaban J connectivity index is 0.00000182. The fourth-order valence-corrected chi connectivity index (χ4v) is 2.59. The van der Waals surface area contributed by atoms with E-state index in [2.05, 4.69) is 15.6 Å². The van der Waals surface area contributed by atoms with E-state index in [1.165, 1.54) is 11.0 Å². The first-order valence-electron chi connectivity index (χ1n) is 7.65. The summed E-state index contributed by atoms with van der Waals surface area (Å²) in [6, 6.07) is 4.46. The molecule has 6 nitrogen and oxygen atoms in total. The average Bonchev–Trinajstić information content (AvgIpc) is 2.55. The van der Waals surface area contributed by atoms with Gasteiger partial charge in [0.2, 0.25) is 5.91 Å². The second kappa shape index (κ2) is 6.84. The number of anilines is 1. The summed E-state index contributed by atoms with van der Waals surface area (Å²) in [6.07, 6.45) is 1.61. The fraction of sp³-hybridized carbons (Fsp3) is 0.235. The van der Waals surface area contributed by atoms with Gasteiger partial charge in [0.25, 0.3) is 0 Å². The van der Waals surface area contributed by atoms with E-state index < -0.39 is 17.5 Å². The molecular weight excluding hydrogens is 330 g/mol. The lowest BCUT2D eigenvalue weighted by Crippen LogP contribution is -2.44. The first kappa shape index (κ1) is 16.8. The molecule has 25 heavy (non-hydrogen) atoms. The van der Waals surface area contributed by atoms with Crippen molar-refractivity contribution >= 4 is 17.6 Å². The van der Waals surface area contributed by atoms with Crippen molar-refractivity contribution in [3.63, 3.8) is 0 Å². The summed E-state index contributed by atoms with van der Waals surface area (Å²) in [5.41, 5.74) is 2.47. The number of pyridine rings is 1. The maximum atomic E-state index is 13.6. The van der Waals surface area contributed by atoms with E-state index in [1.54, 1.807) is 12.3 Å². The quantitative estimate of drug-likeness (QED) is 0.890. The molecule has 3 amide bonds. The summed E-state index contributed by atoms with van der Waals surface area (Å²) < 4.78 is 26.4. The van der Waals surface area contributed by atoms with E-state index in [0.717, 1.165) is 23.4 Å². The maximum absolute atomic E-state index is 13.6. The van der Waals surface area contributed by atoms with Crippen LogP contribution in [0.25, 0.3) is 0 Å². The van der Waals surface area contributed by atoms with Crippen molar-refractivity contribution in [2.24, 2.45) is 0 Å². The number of halogens is 2. The molecule has 2 N–H and O–H groups in total. The van der Waals surface area contributed by atoms with Crippen LogP contribution in [-0.4, -0.2) is 28.4 Å². The number of nitrogens with one attached hydrogen (secondary N) is 2. The summed E-state index contributed by atoms with van der Waals surface area (Å²) in [7, 11) is 0. The summed E-state index contributed by atoms with van der Waals surface area (Å²) in [4.78, 5) is 29.7. The number of aromatic nitrogens is 1. The number of hydrogen-bond donors (Lipinski definition) is 2. The van der Waals surface area contributed by atoms with E-state index in [0.29, 0.717) is 5.69 Å². The molecule has 0 saturated heterocycles. The second-order valence-corrected chi connectivity index (χ2v) is 5.72. The molecular formula is C17H20F2N4O2. The molecule has 0 atom stereocenters. The van der Waals surface area contributed by atoms with Crippen molar-refractivity contribution in [1.29, 1.82) is 0 Å². The minimum atomic E-state index is -0.730. The van der Waals surface area contributed by atoms with Gasteiger partial charge in [-0.05, 0) is 19.1 Å². The van der Waals surface area contributed by atoms with Crippen LogP contribution in [0.4, 0.5) is 19.3 Å². The Bertz CT molecular complexity index is 852. The Morgan fingerprint density at radius 3 is 2.96 bits per heavy atom. The fourth-order valence-electron chi connectivity index (χ4n) is 2.59. The Hall–Kier alpha value is -3.03. The molecule has 0 saturated carbocycles. The van der Waals surface area contributed by atoms with E-state index in [9.17, 15) is 18.4 Å². The number of urea groups is 1. The van der Waals surface area contributed by atoms with Gasteiger partial charge in [-0.1, -0.05) is 6.07 Å². The first-order valence-corrected chi connectivity index (χ1v) is 7.65. The Labute approximate surface area is 145 Å². The van der Waals surface area contributed by atoms with Crippen LogP contribution in [0, 0.1) is 18.6 Å². The smallest absolute Gasteiger partial charge is 0.322 e. The summed E-state index contributed by atoms with van der Waals surface area (Å²) >= 11 is 0. The van der Waals surface area contributed by atoms with Crippen LogP contribution in [-0.2, 0) is 17.9 Å². The summed E-state index contributed by atoms with van der Waals surface area (Å²) in [5.74, 6) is -1.85. The highest BCUT2D eigenvalue weighted by Gasteiger charge is 2.25. The van der Waals surface area contributed by atoms with Crippen LogP contribution in [0.1, 0.15) is 19.7 Å². The predicted molar refractivity (Wildman–Crippen MR) is 90.8 cm³/mol. The van der Waals surface area contributed by atoms with Crippen molar-refractivity contribution in [2.45, 2.75) is 20.0 Å². The van der Waals surface area contributed by atoms with Gasteiger partial charge in [0.05, 0.1) is 12.2 Å². The molecule has 8 heteroatoms. The molecule has 0 radical (unpaired) electrons. The highest BCUT2D eigenvalue weighted by atomic mass is 19.1. The molecule has 0 fully saturated rings. The van der Waals surface area contributed by atoms with Gasteiger partial charge in [-0.25, -0.2) is 13.6 Å². The Kier molecular flexibility index (Phi) is 4.60. The van der Waals surface area contributed by atoms with Gasteiger partial charge in [-0.15, -0.1) is 0 Å². The minimum absolute atomic E-state index is 0. The normalized spacial score (nSPS) is 13.2. The SMILES string of the molecule is Cc1nccc2c1CN(CC(=O)NCc1ccc(F)cc1F)C(=O)N2.[HH].[HH]. The van der Waals surface area contributed by atoms with Crippen LogP contribution >= 0.6 is 0 Å². The zero-order valence-electron chi connectivity index (χ0n) is 13.5. The molecule has 0 unspecified atom stereocenters. The third-order valence-electron chi connectivity index (χ3n) is 3.97. The third kappa shape index (κ3) is 3.73. The van der Waals surface area contributed by atoms with Gasteiger partial charge >= 0.3 is 6.03 Å². The molecule has 0 bridgehead atoms. The van der Waals surface area contributed by atoms with Crippen LogP contribution < -0.4 is 10.6 Å². The van der Waals surface area contributed by atoms with Gasteiger partial charge in [0.1, 0.15) is 18.2 Å². The molecule has 1 aliphatic heterocycles. The summed E-state index contributed by atoms with van der Waals surface area (Å²) in [5, 5.41) is 5.24. The molecule has 0 aliphatic carbocycles. The standard InChI is InChI=1S/C17H16F2N4O2.2H2/c1-10-13-8-23(17(25)22-15(13)4-5-20-10)9-16(24)21-7-11-2-3-12(18)6-14(11)19;;/h2-6H,7-9H2,1H3,(H,21,24)(H,22,25);2*1H. The Morgan fingerprint density at radius 2 is 2.20 bits per heavy atom. The largest absolute Gasteiger partial charge is 0.350 e. The zero-order chi connectivity index (χ0) is 18.0. The lowest BCUT2D eigenvalue weighted by molar-refractivity contribution is -0.121. The van der Waals surface area contributed by atoms with Gasteiger partial charge in [-0.3, -0.25) is 9.78 Å². The van der Waals surface area contributed by atoms with Crippen molar-refractivity contribution in [3.8, 4) is 0 Å². The molecule has 0 spiro atoms. The zero-order valence-corrected chi connectivity index (χ0v) is 13.5. The topological polar surface area (TPSA) is 74.3 Å². The van der Waals surface area contributed by atoms with Crippen molar-refractivity contribution in [2.75, 3.05) is 11.9 Å². The molecule has 3 rings (SSSR count). The van der Waals surface area contributed by atoms with Crippen LogP contribution in [0.5, 0.6) is 0 Å². The van der Waals surface area contributed by atoms with Gasteiger partial charge < -0.3 is 15.5 Å². The molecule has 1 aromatic heterocycles. The van der Waals surface area contributed by atoms with E-state index in [4.69, 9.17) is 0 Å². The molecule has 1 aliphatic rings. The van der Waals surface area contributed by atoms with Crippen LogP contribution in [0.3, 0.4) is 0 Å². The van der Waals surface area contributed by atoms with Crippen LogP contribution in [0.2, 0.25) is 0 Å². The number of rotatable bonds is 4. The van der Waals surface area contributed by atoms with Gasteiger partial charge in [0, 0.05) is 38.5 Å². The predicted octanol–water partition coefficient (Wildman–Crippen LogP) is 2.82. The van der Waals surface area contributed by atoms with E-state index >= 15 is 0 Å².